The van der Waals surface area contributed by atoms with E-state index in [1.54, 1.807) is 6.08 Å². The Morgan fingerprint density at radius 1 is 0.359 bits per heavy atom. The van der Waals surface area contributed by atoms with Crippen LogP contribution in [-0.2, 0) is 14.3 Å². The Bertz CT molecular complexity index is 1260. The van der Waals surface area contributed by atoms with Crippen LogP contribution in [0.2, 0.25) is 0 Å². The lowest BCUT2D eigenvalue weighted by atomic mass is 10.0. The third-order valence-electron chi connectivity index (χ3n) is 16.4. The molecule has 0 radical (unpaired) electrons. The molecule has 3 N–H and O–H groups in total. The van der Waals surface area contributed by atoms with E-state index in [1.165, 1.54) is 308 Å². The number of hydrogen-bond donors (Lipinski definition) is 3. The van der Waals surface area contributed by atoms with Gasteiger partial charge in [0, 0.05) is 12.8 Å². The molecule has 0 saturated heterocycles. The number of hydrogen-bond acceptors (Lipinski definition) is 5. The summed E-state index contributed by atoms with van der Waals surface area (Å²) >= 11 is 0. The van der Waals surface area contributed by atoms with Gasteiger partial charge in [0.05, 0.1) is 25.4 Å². The van der Waals surface area contributed by atoms with Crippen LogP contribution in [0, 0.1) is 0 Å². The van der Waals surface area contributed by atoms with Crippen molar-refractivity contribution in [2.75, 3.05) is 13.2 Å². The molecule has 6 nitrogen and oxygen atoms in total. The summed E-state index contributed by atoms with van der Waals surface area (Å²) in [4.78, 5) is 24.5. The number of rotatable bonds is 66. The van der Waals surface area contributed by atoms with E-state index in [0.717, 1.165) is 51.4 Å². The van der Waals surface area contributed by atoms with Gasteiger partial charge in [-0.05, 0) is 64.2 Å². The van der Waals surface area contributed by atoms with Crippen LogP contribution in [0.1, 0.15) is 386 Å². The van der Waals surface area contributed by atoms with Crippen molar-refractivity contribution in [1.29, 1.82) is 0 Å². The SMILES string of the molecule is CCCCC/C=C\C/C=C\CCCCCCCCCC(=O)OCCCCCCCCCCCCCCCCCCCCCCCCCCCCCCCCCCCCCC(=O)NC(CO)C(O)/C=C/CCCCCCCCC. The van der Waals surface area contributed by atoms with Crippen LogP contribution >= 0.6 is 0 Å². The van der Waals surface area contributed by atoms with Crippen LogP contribution in [-0.4, -0.2) is 47.4 Å². The van der Waals surface area contributed by atoms with Crippen molar-refractivity contribution >= 4 is 11.9 Å². The van der Waals surface area contributed by atoms with Crippen LogP contribution in [0.4, 0.5) is 0 Å². The maximum absolute atomic E-state index is 12.4. The summed E-state index contributed by atoms with van der Waals surface area (Å²) < 4.78 is 5.50. The molecule has 0 aliphatic heterocycles. The van der Waals surface area contributed by atoms with E-state index >= 15 is 0 Å². The second kappa shape index (κ2) is 67.6. The average molecular weight is 1100 g/mol. The Kier molecular flexibility index (Phi) is 65.9. The van der Waals surface area contributed by atoms with Crippen LogP contribution in [0.5, 0.6) is 0 Å². The highest BCUT2D eigenvalue weighted by molar-refractivity contribution is 5.76. The van der Waals surface area contributed by atoms with E-state index in [1.807, 2.05) is 6.08 Å². The molecule has 0 aliphatic rings. The van der Waals surface area contributed by atoms with Gasteiger partial charge < -0.3 is 20.3 Å². The van der Waals surface area contributed by atoms with Gasteiger partial charge in [0.25, 0.3) is 0 Å². The van der Waals surface area contributed by atoms with Crippen molar-refractivity contribution in [3.8, 4) is 0 Å². The maximum atomic E-state index is 12.4. The molecule has 0 aromatic heterocycles. The van der Waals surface area contributed by atoms with E-state index in [9.17, 15) is 19.8 Å². The summed E-state index contributed by atoms with van der Waals surface area (Å²) in [6.07, 6.45) is 86.8. The second-order valence-electron chi connectivity index (χ2n) is 24.2. The number of allylic oxidation sites excluding steroid dienone is 5. The summed E-state index contributed by atoms with van der Waals surface area (Å²) in [6.45, 7) is 4.87. The van der Waals surface area contributed by atoms with E-state index < -0.39 is 12.1 Å². The largest absolute Gasteiger partial charge is 0.466 e. The lowest BCUT2D eigenvalue weighted by Gasteiger charge is -2.20. The molecular weight excluding hydrogens is 959 g/mol. The third-order valence-corrected chi connectivity index (χ3v) is 16.4. The topological polar surface area (TPSA) is 95.9 Å². The van der Waals surface area contributed by atoms with Gasteiger partial charge in [-0.2, -0.15) is 0 Å². The number of ether oxygens (including phenoxy) is 1. The molecule has 0 aliphatic carbocycles. The minimum atomic E-state index is -0.838. The quantitative estimate of drug-likeness (QED) is 0.0320. The molecular formula is C72H137NO5. The molecule has 0 aromatic rings. The van der Waals surface area contributed by atoms with Crippen molar-refractivity contribution in [2.45, 2.75) is 398 Å². The van der Waals surface area contributed by atoms with E-state index in [0.29, 0.717) is 19.4 Å². The number of carbonyl (C=O) groups is 2. The Hall–Kier alpha value is -1.92. The molecule has 460 valence electrons. The van der Waals surface area contributed by atoms with Crippen LogP contribution in [0.15, 0.2) is 36.5 Å². The van der Waals surface area contributed by atoms with Gasteiger partial charge in [-0.15, -0.1) is 0 Å². The zero-order chi connectivity index (χ0) is 56.4. The predicted octanol–water partition coefficient (Wildman–Crippen LogP) is 22.7. The standard InChI is InChI=1S/C72H137NO5/c1-3-5-7-9-11-13-14-15-16-36-40-43-46-50-54-58-62-66-72(77)78-67-63-59-55-51-47-44-41-38-35-33-31-29-27-25-23-21-19-17-18-20-22-24-26-28-30-32-34-37-39-42-45-49-53-57-61-65-71(76)73-69(68-74)70(75)64-60-56-52-48-12-10-8-6-4-2/h11,13,15-16,60,64,69-70,74-75H,3-10,12,14,17-59,61-63,65-68H2,1-2H3,(H,73,76)/b13-11-,16-15-,64-60+. The van der Waals surface area contributed by atoms with Gasteiger partial charge in [0.15, 0.2) is 0 Å². The number of aliphatic hydroxyl groups excluding tert-OH is 2. The molecule has 0 saturated carbocycles. The summed E-state index contributed by atoms with van der Waals surface area (Å²) in [6, 6.07) is -0.621. The highest BCUT2D eigenvalue weighted by Gasteiger charge is 2.18. The maximum Gasteiger partial charge on any atom is 0.305 e. The molecule has 0 rings (SSSR count). The predicted molar refractivity (Wildman–Crippen MR) is 343 cm³/mol. The van der Waals surface area contributed by atoms with E-state index in [-0.39, 0.29) is 18.5 Å². The highest BCUT2D eigenvalue weighted by atomic mass is 16.5. The summed E-state index contributed by atoms with van der Waals surface area (Å²) in [7, 11) is 0. The van der Waals surface area contributed by atoms with E-state index in [2.05, 4.69) is 43.5 Å². The summed E-state index contributed by atoms with van der Waals surface area (Å²) in [5.74, 6) is -0.0494. The number of nitrogens with one attached hydrogen (secondary N) is 1. The number of aliphatic hydroxyl groups is 2. The molecule has 78 heavy (non-hydrogen) atoms. The van der Waals surface area contributed by atoms with Crippen LogP contribution in [0.25, 0.3) is 0 Å². The number of carbonyl (C=O) groups excluding carboxylic acids is 2. The molecule has 2 atom stereocenters. The fourth-order valence-electron chi connectivity index (χ4n) is 11.0. The van der Waals surface area contributed by atoms with Gasteiger partial charge in [0.1, 0.15) is 0 Å². The Morgan fingerprint density at radius 2 is 0.641 bits per heavy atom. The molecule has 0 bridgehead atoms. The van der Waals surface area contributed by atoms with Crippen molar-refractivity contribution in [2.24, 2.45) is 0 Å². The molecule has 0 heterocycles. The average Bonchev–Trinajstić information content (AvgIpc) is 3.44. The molecule has 1 amide bonds. The van der Waals surface area contributed by atoms with E-state index in [4.69, 9.17) is 4.74 Å². The summed E-state index contributed by atoms with van der Waals surface area (Å²) in [5.41, 5.74) is 0. The van der Waals surface area contributed by atoms with Gasteiger partial charge in [-0.3, -0.25) is 9.59 Å². The normalized spacial score (nSPS) is 12.7. The second-order valence-corrected chi connectivity index (χ2v) is 24.2. The first-order valence-corrected chi connectivity index (χ1v) is 35.3. The molecule has 0 aromatic carbocycles. The Morgan fingerprint density at radius 3 is 1.00 bits per heavy atom. The number of unbranched alkanes of at least 4 members (excludes halogenated alkanes) is 51. The van der Waals surface area contributed by atoms with Gasteiger partial charge in [0.2, 0.25) is 5.91 Å². The van der Waals surface area contributed by atoms with Crippen LogP contribution < -0.4 is 5.32 Å². The van der Waals surface area contributed by atoms with Crippen molar-refractivity contribution in [3.63, 3.8) is 0 Å². The fraction of sp³-hybridized carbons (Fsp3) is 0.889. The van der Waals surface area contributed by atoms with Crippen molar-refractivity contribution in [3.05, 3.63) is 36.5 Å². The lowest BCUT2D eigenvalue weighted by Crippen LogP contribution is -2.45. The highest BCUT2D eigenvalue weighted by Crippen LogP contribution is 2.19. The first-order chi connectivity index (χ1) is 38.5. The molecule has 2 unspecified atom stereocenters. The monoisotopic (exact) mass is 1100 g/mol. The Labute approximate surface area is 487 Å². The number of amides is 1. The molecule has 0 spiro atoms. The third kappa shape index (κ3) is 63.3. The Balaban J connectivity index is 3.28. The van der Waals surface area contributed by atoms with Gasteiger partial charge >= 0.3 is 5.97 Å². The first kappa shape index (κ1) is 76.1. The first-order valence-electron chi connectivity index (χ1n) is 35.3. The zero-order valence-corrected chi connectivity index (χ0v) is 52.7. The van der Waals surface area contributed by atoms with Gasteiger partial charge in [-0.1, -0.05) is 346 Å². The van der Waals surface area contributed by atoms with Crippen LogP contribution in [0.3, 0.4) is 0 Å². The molecule has 0 fully saturated rings. The molecule has 6 heteroatoms. The lowest BCUT2D eigenvalue weighted by molar-refractivity contribution is -0.143. The minimum absolute atomic E-state index is 0.0147. The summed E-state index contributed by atoms with van der Waals surface area (Å²) in [5, 5.41) is 23.0. The minimum Gasteiger partial charge on any atom is -0.466 e. The van der Waals surface area contributed by atoms with Crippen molar-refractivity contribution < 1.29 is 24.5 Å². The van der Waals surface area contributed by atoms with Gasteiger partial charge in [-0.25, -0.2) is 0 Å². The fourth-order valence-corrected chi connectivity index (χ4v) is 11.0. The smallest absolute Gasteiger partial charge is 0.305 e. The number of esters is 1. The van der Waals surface area contributed by atoms with Crippen molar-refractivity contribution in [1.82, 2.24) is 5.32 Å². The zero-order valence-electron chi connectivity index (χ0n) is 52.7.